The van der Waals surface area contributed by atoms with Gasteiger partial charge in [0.15, 0.2) is 0 Å². The number of aliphatic carboxylic acids is 1. The van der Waals surface area contributed by atoms with E-state index in [9.17, 15) is 14.7 Å². The lowest BCUT2D eigenvalue weighted by molar-refractivity contribution is -0.162. The average Bonchev–Trinajstić information content (AvgIpc) is 3.18. The number of ether oxygens (including phenoxy) is 1. The summed E-state index contributed by atoms with van der Waals surface area (Å²) >= 11 is 0. The zero-order valence-corrected chi connectivity index (χ0v) is 14.7. The molecule has 1 aliphatic rings. The maximum atomic E-state index is 12.5. The molecule has 0 radical (unpaired) electrons. The van der Waals surface area contributed by atoms with Crippen LogP contribution >= 0.6 is 0 Å². The average molecular weight is 357 g/mol. The van der Waals surface area contributed by atoms with Gasteiger partial charge in [0.2, 0.25) is 11.5 Å². The molecular weight excluding hydrogens is 334 g/mol. The molecule has 1 aromatic carbocycles. The third-order valence-electron chi connectivity index (χ3n) is 4.82. The highest BCUT2D eigenvalue weighted by atomic mass is 16.5. The molecule has 26 heavy (non-hydrogen) atoms. The van der Waals surface area contributed by atoms with Gasteiger partial charge in [-0.05, 0) is 25.1 Å². The molecule has 0 bridgehead atoms. The van der Waals surface area contributed by atoms with Crippen LogP contribution in [-0.2, 0) is 9.59 Å². The van der Waals surface area contributed by atoms with Gasteiger partial charge in [-0.25, -0.2) is 4.79 Å². The van der Waals surface area contributed by atoms with Gasteiger partial charge in [-0.3, -0.25) is 9.48 Å². The Morgan fingerprint density at radius 2 is 1.92 bits per heavy atom. The van der Waals surface area contributed by atoms with Crippen molar-refractivity contribution in [3.05, 3.63) is 48.8 Å². The lowest BCUT2D eigenvalue weighted by atomic mass is 9.90. The van der Waals surface area contributed by atoms with Crippen molar-refractivity contribution in [1.82, 2.24) is 14.7 Å². The van der Waals surface area contributed by atoms with Crippen LogP contribution in [0.15, 0.2) is 48.8 Å². The minimum atomic E-state index is -1.29. The van der Waals surface area contributed by atoms with Crippen molar-refractivity contribution < 1.29 is 19.4 Å². The number of para-hydroxylation sites is 1. The zero-order chi connectivity index (χ0) is 18.6. The minimum Gasteiger partial charge on any atom is -0.478 e. The first kappa shape index (κ1) is 18.0. The van der Waals surface area contributed by atoms with E-state index < -0.39 is 11.6 Å². The van der Waals surface area contributed by atoms with E-state index in [4.69, 9.17) is 4.74 Å². The summed E-state index contributed by atoms with van der Waals surface area (Å²) in [6, 6.07) is 10.7. The van der Waals surface area contributed by atoms with E-state index in [0.29, 0.717) is 25.3 Å². The zero-order valence-electron chi connectivity index (χ0n) is 14.7. The molecule has 1 atom stereocenters. The van der Waals surface area contributed by atoms with Gasteiger partial charge >= 0.3 is 5.97 Å². The van der Waals surface area contributed by atoms with Crippen LogP contribution in [0.4, 0.5) is 0 Å². The molecule has 0 saturated carbocycles. The van der Waals surface area contributed by atoms with Gasteiger partial charge < -0.3 is 14.7 Å². The van der Waals surface area contributed by atoms with Gasteiger partial charge in [0.05, 0.1) is 6.04 Å². The number of piperidine rings is 1. The van der Waals surface area contributed by atoms with Gasteiger partial charge in [0, 0.05) is 44.7 Å². The molecule has 7 nitrogen and oxygen atoms in total. The molecule has 1 fully saturated rings. The van der Waals surface area contributed by atoms with E-state index in [1.54, 1.807) is 40.0 Å². The Labute approximate surface area is 152 Å². The van der Waals surface area contributed by atoms with Gasteiger partial charge in [-0.15, -0.1) is 0 Å². The number of likely N-dealkylation sites (tertiary alicyclic amines) is 1. The Kier molecular flexibility index (Phi) is 5.25. The number of nitrogens with zero attached hydrogens (tertiary/aromatic N) is 3. The first-order chi connectivity index (χ1) is 12.5. The van der Waals surface area contributed by atoms with Gasteiger partial charge in [0.1, 0.15) is 5.75 Å². The third-order valence-corrected chi connectivity index (χ3v) is 4.82. The second-order valence-corrected chi connectivity index (χ2v) is 6.63. The normalized spacial score (nSPS) is 17.5. The Hall–Kier alpha value is -2.83. The summed E-state index contributed by atoms with van der Waals surface area (Å²) < 4.78 is 7.57. The fraction of sp³-hybridized carbons (Fsp3) is 0.421. The second kappa shape index (κ2) is 7.59. The number of amides is 1. The molecule has 1 amide bonds. The molecule has 1 saturated heterocycles. The summed E-state index contributed by atoms with van der Waals surface area (Å²) in [5.74, 6) is -0.452. The quantitative estimate of drug-likeness (QED) is 0.858. The monoisotopic (exact) mass is 357 g/mol. The number of benzene rings is 1. The molecule has 0 aliphatic carbocycles. The molecule has 3 rings (SSSR count). The highest BCUT2D eigenvalue weighted by Crippen LogP contribution is 2.30. The van der Waals surface area contributed by atoms with Crippen molar-refractivity contribution in [3.8, 4) is 5.75 Å². The van der Waals surface area contributed by atoms with Crippen LogP contribution in [0, 0.1) is 0 Å². The predicted octanol–water partition coefficient (Wildman–Crippen LogP) is 2.36. The molecular formula is C19H23N3O4. The first-order valence-corrected chi connectivity index (χ1v) is 8.74. The minimum absolute atomic E-state index is 0.00620. The van der Waals surface area contributed by atoms with Gasteiger partial charge in [-0.1, -0.05) is 18.2 Å². The van der Waals surface area contributed by atoms with Crippen LogP contribution in [0.5, 0.6) is 5.75 Å². The Morgan fingerprint density at radius 3 is 2.50 bits per heavy atom. The standard InChI is InChI=1S/C19H23N3O4/c1-15(22-11-5-10-20-22)14-17(23)21-12-8-19(9-13-21,18(24)25)26-16-6-3-2-4-7-16/h2-7,10-11,15H,8-9,12-14H2,1H3,(H,24,25)/t15-/m1/s1. The summed E-state index contributed by atoms with van der Waals surface area (Å²) in [4.78, 5) is 26.1. The topological polar surface area (TPSA) is 84.7 Å². The summed E-state index contributed by atoms with van der Waals surface area (Å²) in [5, 5.41) is 13.9. The number of aromatic nitrogens is 2. The predicted molar refractivity (Wildman–Crippen MR) is 94.8 cm³/mol. The van der Waals surface area contributed by atoms with Gasteiger partial charge in [-0.2, -0.15) is 5.10 Å². The number of hydrogen-bond donors (Lipinski definition) is 1. The van der Waals surface area contributed by atoms with Crippen LogP contribution in [-0.4, -0.2) is 50.4 Å². The van der Waals surface area contributed by atoms with Crippen LogP contribution in [0.2, 0.25) is 0 Å². The number of hydrogen-bond acceptors (Lipinski definition) is 4. The maximum Gasteiger partial charge on any atom is 0.348 e. The molecule has 0 spiro atoms. The molecule has 0 unspecified atom stereocenters. The molecule has 1 N–H and O–H groups in total. The number of carbonyl (C=O) groups is 2. The second-order valence-electron chi connectivity index (χ2n) is 6.63. The fourth-order valence-corrected chi connectivity index (χ4v) is 3.21. The summed E-state index contributed by atoms with van der Waals surface area (Å²) in [6.07, 6.45) is 4.38. The largest absolute Gasteiger partial charge is 0.478 e. The van der Waals surface area contributed by atoms with Crippen molar-refractivity contribution in [2.75, 3.05) is 13.1 Å². The van der Waals surface area contributed by atoms with Crippen molar-refractivity contribution in [2.24, 2.45) is 0 Å². The summed E-state index contributed by atoms with van der Waals surface area (Å²) in [5.41, 5.74) is -1.29. The van der Waals surface area contributed by atoms with E-state index in [1.165, 1.54) is 0 Å². The highest BCUT2D eigenvalue weighted by Gasteiger charge is 2.45. The van der Waals surface area contributed by atoms with Crippen molar-refractivity contribution >= 4 is 11.9 Å². The Bertz CT molecular complexity index is 737. The Morgan fingerprint density at radius 1 is 1.23 bits per heavy atom. The van der Waals surface area contributed by atoms with E-state index in [-0.39, 0.29) is 24.8 Å². The number of carbonyl (C=O) groups excluding carboxylic acids is 1. The third kappa shape index (κ3) is 3.87. The molecule has 138 valence electrons. The summed E-state index contributed by atoms with van der Waals surface area (Å²) in [7, 11) is 0. The SMILES string of the molecule is C[C@H](CC(=O)N1CCC(Oc2ccccc2)(C(=O)O)CC1)n1cccn1. The number of carboxylic acids is 1. The van der Waals surface area contributed by atoms with Crippen LogP contribution < -0.4 is 4.74 Å². The molecule has 1 aliphatic heterocycles. The number of carboxylic acid groups (broad SMARTS) is 1. The van der Waals surface area contributed by atoms with E-state index >= 15 is 0 Å². The first-order valence-electron chi connectivity index (χ1n) is 8.74. The van der Waals surface area contributed by atoms with Crippen LogP contribution in [0.25, 0.3) is 0 Å². The van der Waals surface area contributed by atoms with Crippen LogP contribution in [0.1, 0.15) is 32.2 Å². The smallest absolute Gasteiger partial charge is 0.348 e. The van der Waals surface area contributed by atoms with Gasteiger partial charge in [0.25, 0.3) is 0 Å². The highest BCUT2D eigenvalue weighted by molar-refractivity contribution is 5.80. The van der Waals surface area contributed by atoms with Crippen LogP contribution in [0.3, 0.4) is 0 Å². The lowest BCUT2D eigenvalue weighted by Crippen LogP contribution is -2.54. The lowest BCUT2D eigenvalue weighted by Gasteiger charge is -2.39. The molecule has 2 heterocycles. The van der Waals surface area contributed by atoms with E-state index in [1.807, 2.05) is 25.3 Å². The Balaban J connectivity index is 1.61. The van der Waals surface area contributed by atoms with E-state index in [0.717, 1.165) is 0 Å². The molecule has 1 aromatic heterocycles. The van der Waals surface area contributed by atoms with Crippen molar-refractivity contribution in [3.63, 3.8) is 0 Å². The van der Waals surface area contributed by atoms with Crippen molar-refractivity contribution in [1.29, 1.82) is 0 Å². The molecule has 2 aromatic rings. The maximum absolute atomic E-state index is 12.5. The molecule has 7 heteroatoms. The summed E-state index contributed by atoms with van der Waals surface area (Å²) in [6.45, 7) is 2.67. The fourth-order valence-electron chi connectivity index (χ4n) is 3.21. The van der Waals surface area contributed by atoms with E-state index in [2.05, 4.69) is 5.10 Å². The number of rotatable bonds is 6. The van der Waals surface area contributed by atoms with Crippen molar-refractivity contribution in [2.45, 2.75) is 37.8 Å².